The lowest BCUT2D eigenvalue weighted by molar-refractivity contribution is -0.133. The molecule has 1 aromatic rings. The lowest BCUT2D eigenvalue weighted by atomic mass is 9.88. The fourth-order valence-electron chi connectivity index (χ4n) is 3.30. The van der Waals surface area contributed by atoms with Crippen molar-refractivity contribution in [1.29, 1.82) is 0 Å². The quantitative estimate of drug-likeness (QED) is 0.874. The molecule has 1 saturated carbocycles. The molecule has 0 unspecified atom stereocenters. The van der Waals surface area contributed by atoms with Gasteiger partial charge < -0.3 is 14.8 Å². The van der Waals surface area contributed by atoms with Crippen LogP contribution in [0.15, 0.2) is 0 Å². The second-order valence-corrected chi connectivity index (χ2v) is 6.51. The van der Waals surface area contributed by atoms with Gasteiger partial charge in [-0.25, -0.2) is 4.68 Å². The molecule has 0 aliphatic heterocycles. The molecular formula is C17H29N3O3. The first-order valence-electron chi connectivity index (χ1n) is 8.50. The summed E-state index contributed by atoms with van der Waals surface area (Å²) < 4.78 is 13.0. The zero-order valence-electron chi connectivity index (χ0n) is 14.9. The average molecular weight is 323 g/mol. The second kappa shape index (κ2) is 7.81. The zero-order valence-corrected chi connectivity index (χ0v) is 14.9. The molecule has 0 radical (unpaired) electrons. The number of methoxy groups -OCH3 is 1. The third kappa shape index (κ3) is 4.25. The van der Waals surface area contributed by atoms with E-state index in [9.17, 15) is 4.79 Å². The van der Waals surface area contributed by atoms with E-state index < -0.39 is 6.10 Å². The van der Waals surface area contributed by atoms with Gasteiger partial charge in [-0.05, 0) is 32.1 Å². The van der Waals surface area contributed by atoms with Crippen molar-refractivity contribution in [3.63, 3.8) is 0 Å². The predicted molar refractivity (Wildman–Crippen MR) is 89.7 cm³/mol. The number of carbonyl (C=O) groups is 1. The Labute approximate surface area is 138 Å². The van der Waals surface area contributed by atoms with E-state index in [1.54, 1.807) is 18.8 Å². The Bertz CT molecular complexity index is 541. The number of hydrogen-bond acceptors (Lipinski definition) is 4. The highest BCUT2D eigenvalue weighted by atomic mass is 16.5. The number of rotatable bonds is 6. The maximum Gasteiger partial charge on any atom is 0.253 e. The minimum atomic E-state index is -0.436. The normalized spacial score (nSPS) is 22.7. The highest BCUT2D eigenvalue weighted by Crippen LogP contribution is 2.29. The molecule has 6 nitrogen and oxygen atoms in total. The monoisotopic (exact) mass is 323 g/mol. The van der Waals surface area contributed by atoms with Crippen LogP contribution < -0.4 is 10.1 Å². The first-order chi connectivity index (χ1) is 11.0. The van der Waals surface area contributed by atoms with E-state index >= 15 is 0 Å². The summed E-state index contributed by atoms with van der Waals surface area (Å²) in [5.41, 5.74) is 1.36. The molecule has 1 amide bonds. The van der Waals surface area contributed by atoms with E-state index in [0.29, 0.717) is 23.9 Å². The molecule has 23 heavy (non-hydrogen) atoms. The number of aromatic nitrogens is 2. The van der Waals surface area contributed by atoms with Crippen LogP contribution in [0.1, 0.15) is 51.6 Å². The molecule has 1 N–H and O–H groups in total. The van der Waals surface area contributed by atoms with Crippen molar-refractivity contribution >= 4 is 11.6 Å². The number of nitrogens with one attached hydrogen (secondary N) is 1. The van der Waals surface area contributed by atoms with Crippen LogP contribution in [0.25, 0.3) is 0 Å². The van der Waals surface area contributed by atoms with Gasteiger partial charge in [0.05, 0.1) is 18.9 Å². The van der Waals surface area contributed by atoms with Gasteiger partial charge in [0, 0.05) is 7.05 Å². The molecule has 130 valence electrons. The molecule has 1 heterocycles. The first-order valence-corrected chi connectivity index (χ1v) is 8.50. The average Bonchev–Trinajstić information content (AvgIpc) is 2.78. The van der Waals surface area contributed by atoms with Crippen molar-refractivity contribution in [2.24, 2.45) is 13.0 Å². The van der Waals surface area contributed by atoms with Crippen molar-refractivity contribution in [3.8, 4) is 5.88 Å². The Morgan fingerprint density at radius 2 is 2.22 bits per heavy atom. The predicted octanol–water partition coefficient (Wildman–Crippen LogP) is 3.05. The van der Waals surface area contributed by atoms with E-state index in [0.717, 1.165) is 18.5 Å². The molecule has 0 aromatic carbocycles. The molecule has 1 aromatic heterocycles. The topological polar surface area (TPSA) is 65.4 Å². The Morgan fingerprint density at radius 3 is 2.83 bits per heavy atom. The molecular weight excluding hydrogens is 294 g/mol. The molecule has 0 saturated heterocycles. The van der Waals surface area contributed by atoms with Crippen LogP contribution in [0, 0.1) is 12.8 Å². The summed E-state index contributed by atoms with van der Waals surface area (Å²) in [6, 6.07) is 0. The van der Waals surface area contributed by atoms with E-state index in [1.165, 1.54) is 12.8 Å². The maximum atomic E-state index is 12.6. The number of amides is 1. The number of carbonyl (C=O) groups excluding carboxylic acids is 1. The van der Waals surface area contributed by atoms with Gasteiger partial charge in [-0.15, -0.1) is 0 Å². The van der Waals surface area contributed by atoms with Gasteiger partial charge in [-0.3, -0.25) is 4.79 Å². The van der Waals surface area contributed by atoms with Crippen molar-refractivity contribution in [3.05, 3.63) is 5.69 Å². The third-order valence-electron chi connectivity index (χ3n) is 4.52. The smallest absolute Gasteiger partial charge is 0.253 e. The summed E-state index contributed by atoms with van der Waals surface area (Å²) in [7, 11) is 3.36. The first kappa shape index (κ1) is 17.8. The van der Waals surface area contributed by atoms with Crippen LogP contribution in [0.2, 0.25) is 0 Å². The van der Waals surface area contributed by atoms with Crippen LogP contribution in [0.4, 0.5) is 5.69 Å². The van der Waals surface area contributed by atoms with Crippen LogP contribution in [-0.2, 0) is 16.6 Å². The summed E-state index contributed by atoms with van der Waals surface area (Å²) in [5.74, 6) is 1.10. The Balaban J connectivity index is 2.03. The van der Waals surface area contributed by atoms with Gasteiger partial charge in [-0.2, -0.15) is 5.10 Å². The molecule has 3 atom stereocenters. The van der Waals surface area contributed by atoms with Gasteiger partial charge in [0.15, 0.2) is 0 Å². The number of hydrogen-bond donors (Lipinski definition) is 1. The number of anilines is 1. The lowest BCUT2D eigenvalue weighted by Gasteiger charge is -2.29. The van der Waals surface area contributed by atoms with Crippen molar-refractivity contribution in [2.45, 2.75) is 65.1 Å². The Kier molecular flexibility index (Phi) is 6.04. The maximum absolute atomic E-state index is 12.6. The van der Waals surface area contributed by atoms with Crippen LogP contribution >= 0.6 is 0 Å². The highest BCUT2D eigenvalue weighted by Gasteiger charge is 2.27. The van der Waals surface area contributed by atoms with Gasteiger partial charge in [-0.1, -0.05) is 26.7 Å². The van der Waals surface area contributed by atoms with E-state index in [4.69, 9.17) is 9.47 Å². The van der Waals surface area contributed by atoms with Crippen LogP contribution in [-0.4, -0.2) is 35.0 Å². The van der Waals surface area contributed by atoms with E-state index in [-0.39, 0.29) is 12.0 Å². The van der Waals surface area contributed by atoms with Crippen LogP contribution in [0.3, 0.4) is 0 Å². The van der Waals surface area contributed by atoms with Gasteiger partial charge >= 0.3 is 0 Å². The number of nitrogens with zero attached hydrogens (tertiary/aromatic N) is 2. The molecule has 1 aliphatic carbocycles. The fraction of sp³-hybridized carbons (Fsp3) is 0.765. The number of aryl methyl sites for hydroxylation is 2. The fourth-order valence-corrected chi connectivity index (χ4v) is 3.30. The summed E-state index contributed by atoms with van der Waals surface area (Å²) in [4.78, 5) is 12.6. The summed E-state index contributed by atoms with van der Waals surface area (Å²) in [6.07, 6.45) is 4.93. The summed E-state index contributed by atoms with van der Waals surface area (Å²) in [5, 5.41) is 7.21. The summed E-state index contributed by atoms with van der Waals surface area (Å²) >= 11 is 0. The third-order valence-corrected chi connectivity index (χ3v) is 4.52. The number of ether oxygens (including phenoxy) is 2. The molecule has 0 spiro atoms. The molecule has 6 heteroatoms. The SMILES string of the molecule is CC[C@H](O[C@H]1CCC[C@@H](C)C1)C(=O)Nc1c(C)nn(C)c1OC. The van der Waals surface area contributed by atoms with E-state index in [2.05, 4.69) is 17.3 Å². The lowest BCUT2D eigenvalue weighted by Crippen LogP contribution is -2.35. The van der Waals surface area contributed by atoms with E-state index in [1.807, 2.05) is 13.8 Å². The second-order valence-electron chi connectivity index (χ2n) is 6.51. The van der Waals surface area contributed by atoms with Crippen molar-refractivity contribution < 1.29 is 14.3 Å². The van der Waals surface area contributed by atoms with Crippen molar-refractivity contribution in [2.75, 3.05) is 12.4 Å². The molecule has 1 aliphatic rings. The zero-order chi connectivity index (χ0) is 17.0. The van der Waals surface area contributed by atoms with Crippen molar-refractivity contribution in [1.82, 2.24) is 9.78 Å². The Hall–Kier alpha value is -1.56. The molecule has 1 fully saturated rings. The minimum Gasteiger partial charge on any atom is -0.480 e. The Morgan fingerprint density at radius 1 is 1.48 bits per heavy atom. The van der Waals surface area contributed by atoms with Crippen LogP contribution in [0.5, 0.6) is 5.88 Å². The largest absolute Gasteiger partial charge is 0.480 e. The van der Waals surface area contributed by atoms with Gasteiger partial charge in [0.25, 0.3) is 5.91 Å². The molecule has 0 bridgehead atoms. The standard InChI is InChI=1S/C17H29N3O3/c1-6-14(23-13-9-7-8-11(2)10-13)16(21)18-15-12(3)19-20(4)17(15)22-5/h11,13-14H,6-10H2,1-5H3,(H,18,21)/t11-,13+,14+/m1/s1. The van der Waals surface area contributed by atoms with Gasteiger partial charge in [0.1, 0.15) is 11.8 Å². The minimum absolute atomic E-state index is 0.125. The highest BCUT2D eigenvalue weighted by molar-refractivity contribution is 5.95. The van der Waals surface area contributed by atoms with Gasteiger partial charge in [0.2, 0.25) is 5.88 Å². The molecule has 2 rings (SSSR count). The summed E-state index contributed by atoms with van der Waals surface area (Å²) in [6.45, 7) is 6.08.